The molecular weight excluding hydrogens is 174 g/mol. The number of carbonyl (C=O) groups is 1. The number of hydrogen-bond donors (Lipinski definition) is 0. The van der Waals surface area contributed by atoms with Crippen molar-refractivity contribution in [2.75, 3.05) is 0 Å². The summed E-state index contributed by atoms with van der Waals surface area (Å²) in [6.45, 7) is 5.91. The predicted octanol–water partition coefficient (Wildman–Crippen LogP) is 2.55. The Morgan fingerprint density at radius 2 is 2.21 bits per heavy atom. The van der Waals surface area contributed by atoms with Gasteiger partial charge in [-0.15, -0.1) is 0 Å². The SMILES string of the molecule is CCC(=O)C(C)Cc1cncc(C)c1. The molecule has 0 amide bonds. The maximum Gasteiger partial charge on any atom is 0.135 e. The van der Waals surface area contributed by atoms with E-state index in [1.807, 2.05) is 33.2 Å². The fourth-order valence-electron chi connectivity index (χ4n) is 1.55. The molecule has 2 heteroatoms. The van der Waals surface area contributed by atoms with Crippen LogP contribution >= 0.6 is 0 Å². The summed E-state index contributed by atoms with van der Waals surface area (Å²) >= 11 is 0. The summed E-state index contributed by atoms with van der Waals surface area (Å²) in [5.41, 5.74) is 2.30. The molecule has 76 valence electrons. The van der Waals surface area contributed by atoms with Crippen LogP contribution in [0.5, 0.6) is 0 Å². The molecule has 0 N–H and O–H groups in total. The second-order valence-corrected chi connectivity index (χ2v) is 3.80. The van der Waals surface area contributed by atoms with Crippen LogP contribution in [0.15, 0.2) is 18.5 Å². The Kier molecular flexibility index (Phi) is 3.81. The number of pyridine rings is 1. The summed E-state index contributed by atoms with van der Waals surface area (Å²) in [5, 5.41) is 0. The van der Waals surface area contributed by atoms with E-state index in [0.717, 1.165) is 17.5 Å². The molecule has 1 unspecified atom stereocenters. The van der Waals surface area contributed by atoms with Crippen molar-refractivity contribution in [3.05, 3.63) is 29.6 Å². The zero-order chi connectivity index (χ0) is 10.6. The Hall–Kier alpha value is -1.18. The van der Waals surface area contributed by atoms with Gasteiger partial charge in [0.05, 0.1) is 0 Å². The normalized spacial score (nSPS) is 12.5. The molecule has 14 heavy (non-hydrogen) atoms. The molecule has 1 heterocycles. The van der Waals surface area contributed by atoms with Gasteiger partial charge in [-0.05, 0) is 24.5 Å². The Balaban J connectivity index is 2.64. The van der Waals surface area contributed by atoms with Gasteiger partial charge in [0.15, 0.2) is 0 Å². The standard InChI is InChI=1S/C12H17NO/c1-4-12(14)10(3)6-11-5-9(2)7-13-8-11/h5,7-8,10H,4,6H2,1-3H3. The van der Waals surface area contributed by atoms with Crippen LogP contribution in [0.25, 0.3) is 0 Å². The van der Waals surface area contributed by atoms with E-state index in [4.69, 9.17) is 0 Å². The fraction of sp³-hybridized carbons (Fsp3) is 0.500. The van der Waals surface area contributed by atoms with Gasteiger partial charge in [-0.3, -0.25) is 9.78 Å². The first-order valence-corrected chi connectivity index (χ1v) is 5.06. The first-order chi connectivity index (χ1) is 6.63. The van der Waals surface area contributed by atoms with Crippen molar-refractivity contribution in [2.45, 2.75) is 33.6 Å². The minimum absolute atomic E-state index is 0.114. The maximum atomic E-state index is 11.4. The molecule has 0 fully saturated rings. The van der Waals surface area contributed by atoms with Crippen LogP contribution in [0.4, 0.5) is 0 Å². The highest BCUT2D eigenvalue weighted by Crippen LogP contribution is 2.11. The van der Waals surface area contributed by atoms with Crippen molar-refractivity contribution in [2.24, 2.45) is 5.92 Å². The summed E-state index contributed by atoms with van der Waals surface area (Å²) in [4.78, 5) is 15.5. The van der Waals surface area contributed by atoms with E-state index in [-0.39, 0.29) is 5.92 Å². The van der Waals surface area contributed by atoms with Crippen molar-refractivity contribution in [3.63, 3.8) is 0 Å². The van der Waals surface area contributed by atoms with Crippen LogP contribution in [0.3, 0.4) is 0 Å². The summed E-state index contributed by atoms with van der Waals surface area (Å²) in [7, 11) is 0. The molecule has 0 spiro atoms. The highest BCUT2D eigenvalue weighted by molar-refractivity contribution is 5.80. The van der Waals surface area contributed by atoms with Crippen molar-refractivity contribution < 1.29 is 4.79 Å². The van der Waals surface area contributed by atoms with Crippen LogP contribution in [0.2, 0.25) is 0 Å². The van der Waals surface area contributed by atoms with E-state index in [1.54, 1.807) is 0 Å². The number of aromatic nitrogens is 1. The van der Waals surface area contributed by atoms with Crippen LogP contribution < -0.4 is 0 Å². The monoisotopic (exact) mass is 191 g/mol. The molecule has 1 aromatic rings. The highest BCUT2D eigenvalue weighted by atomic mass is 16.1. The lowest BCUT2D eigenvalue weighted by Crippen LogP contribution is -2.12. The van der Waals surface area contributed by atoms with E-state index in [9.17, 15) is 4.79 Å². The molecule has 0 saturated heterocycles. The number of ketones is 1. The average Bonchev–Trinajstić information content (AvgIpc) is 2.16. The Labute approximate surface area is 85.4 Å². The lowest BCUT2D eigenvalue weighted by atomic mass is 9.96. The van der Waals surface area contributed by atoms with E-state index >= 15 is 0 Å². The van der Waals surface area contributed by atoms with Gasteiger partial charge < -0.3 is 0 Å². The molecule has 0 aliphatic rings. The number of rotatable bonds is 4. The largest absolute Gasteiger partial charge is 0.299 e. The van der Waals surface area contributed by atoms with Gasteiger partial charge in [0.1, 0.15) is 5.78 Å². The molecular formula is C12H17NO. The minimum Gasteiger partial charge on any atom is -0.299 e. The number of aryl methyl sites for hydroxylation is 1. The Morgan fingerprint density at radius 3 is 2.79 bits per heavy atom. The fourth-order valence-corrected chi connectivity index (χ4v) is 1.55. The molecule has 0 aliphatic carbocycles. The number of nitrogens with zero attached hydrogens (tertiary/aromatic N) is 1. The molecule has 1 rings (SSSR count). The van der Waals surface area contributed by atoms with E-state index in [2.05, 4.69) is 11.1 Å². The van der Waals surface area contributed by atoms with Gasteiger partial charge in [-0.1, -0.05) is 19.9 Å². The molecule has 1 atom stereocenters. The van der Waals surface area contributed by atoms with Gasteiger partial charge in [-0.25, -0.2) is 0 Å². The van der Waals surface area contributed by atoms with Crippen LogP contribution in [-0.2, 0) is 11.2 Å². The topological polar surface area (TPSA) is 30.0 Å². The molecule has 0 radical (unpaired) electrons. The summed E-state index contributed by atoms with van der Waals surface area (Å²) in [5.74, 6) is 0.440. The summed E-state index contributed by atoms with van der Waals surface area (Å²) in [6, 6.07) is 2.09. The zero-order valence-corrected chi connectivity index (χ0v) is 9.08. The predicted molar refractivity (Wildman–Crippen MR) is 57.1 cm³/mol. The second kappa shape index (κ2) is 4.89. The first kappa shape index (κ1) is 10.9. The summed E-state index contributed by atoms with van der Waals surface area (Å²) < 4.78 is 0. The third-order valence-corrected chi connectivity index (χ3v) is 2.37. The molecule has 1 aromatic heterocycles. The third-order valence-electron chi connectivity index (χ3n) is 2.37. The zero-order valence-electron chi connectivity index (χ0n) is 9.08. The molecule has 0 aromatic carbocycles. The number of Topliss-reactive ketones (excluding diaryl/α,β-unsaturated/α-hetero) is 1. The lowest BCUT2D eigenvalue weighted by Gasteiger charge is -2.08. The number of carbonyl (C=O) groups excluding carboxylic acids is 1. The highest BCUT2D eigenvalue weighted by Gasteiger charge is 2.11. The maximum absolute atomic E-state index is 11.4. The van der Waals surface area contributed by atoms with E-state index in [0.29, 0.717) is 12.2 Å². The van der Waals surface area contributed by atoms with E-state index in [1.165, 1.54) is 0 Å². The Morgan fingerprint density at radius 1 is 1.50 bits per heavy atom. The summed E-state index contributed by atoms with van der Waals surface area (Å²) in [6.07, 6.45) is 5.10. The average molecular weight is 191 g/mol. The van der Waals surface area contributed by atoms with Gasteiger partial charge in [0, 0.05) is 24.7 Å². The molecule has 0 bridgehead atoms. The Bertz CT molecular complexity index is 320. The van der Waals surface area contributed by atoms with Gasteiger partial charge in [0.25, 0.3) is 0 Å². The molecule has 0 aliphatic heterocycles. The molecule has 0 saturated carbocycles. The third kappa shape index (κ3) is 2.95. The smallest absolute Gasteiger partial charge is 0.135 e. The van der Waals surface area contributed by atoms with Gasteiger partial charge in [0.2, 0.25) is 0 Å². The van der Waals surface area contributed by atoms with Crippen molar-refractivity contribution in [1.82, 2.24) is 4.98 Å². The van der Waals surface area contributed by atoms with Crippen molar-refractivity contribution >= 4 is 5.78 Å². The van der Waals surface area contributed by atoms with Gasteiger partial charge in [-0.2, -0.15) is 0 Å². The first-order valence-electron chi connectivity index (χ1n) is 5.06. The quantitative estimate of drug-likeness (QED) is 0.732. The van der Waals surface area contributed by atoms with Gasteiger partial charge >= 0.3 is 0 Å². The lowest BCUT2D eigenvalue weighted by molar-refractivity contribution is -0.122. The minimum atomic E-state index is 0.114. The van der Waals surface area contributed by atoms with E-state index < -0.39 is 0 Å². The number of hydrogen-bond acceptors (Lipinski definition) is 2. The van der Waals surface area contributed by atoms with Crippen molar-refractivity contribution in [1.29, 1.82) is 0 Å². The van der Waals surface area contributed by atoms with Crippen LogP contribution in [-0.4, -0.2) is 10.8 Å². The van der Waals surface area contributed by atoms with Crippen LogP contribution in [0, 0.1) is 12.8 Å². The molecule has 2 nitrogen and oxygen atoms in total. The van der Waals surface area contributed by atoms with Crippen LogP contribution in [0.1, 0.15) is 31.4 Å². The second-order valence-electron chi connectivity index (χ2n) is 3.80. The van der Waals surface area contributed by atoms with Crippen molar-refractivity contribution in [3.8, 4) is 0 Å².